The van der Waals surface area contributed by atoms with Crippen LogP contribution in [-0.4, -0.2) is 34.3 Å². The van der Waals surface area contributed by atoms with E-state index < -0.39 is 5.95 Å². The number of pyridine rings is 2. The van der Waals surface area contributed by atoms with Gasteiger partial charge in [0, 0.05) is 31.1 Å². The summed E-state index contributed by atoms with van der Waals surface area (Å²) in [6, 6.07) is 7.21. The minimum atomic E-state index is -0.518. The highest BCUT2D eigenvalue weighted by Gasteiger charge is 2.18. The molecule has 132 valence electrons. The molecule has 1 aliphatic rings. The van der Waals surface area contributed by atoms with Gasteiger partial charge in [0.2, 0.25) is 5.95 Å². The first-order chi connectivity index (χ1) is 12.7. The minimum absolute atomic E-state index is 0.374. The Morgan fingerprint density at radius 2 is 1.96 bits per heavy atom. The molecule has 3 aromatic heterocycles. The number of aromatic nitrogens is 3. The molecule has 0 saturated carbocycles. The van der Waals surface area contributed by atoms with Crippen LogP contribution in [-0.2, 0) is 0 Å². The van der Waals surface area contributed by atoms with Crippen molar-refractivity contribution in [3.63, 3.8) is 0 Å². The van der Waals surface area contributed by atoms with Crippen LogP contribution in [0.4, 0.5) is 10.2 Å². The molecule has 0 atom stereocenters. The molecule has 1 aliphatic heterocycles. The molecule has 0 bridgehead atoms. The third kappa shape index (κ3) is 2.92. The molecule has 26 heavy (non-hydrogen) atoms. The molecule has 6 nitrogen and oxygen atoms in total. The first-order valence-corrected chi connectivity index (χ1v) is 9.13. The predicted octanol–water partition coefficient (Wildman–Crippen LogP) is 3.44. The Morgan fingerprint density at radius 3 is 2.65 bits per heavy atom. The van der Waals surface area contributed by atoms with Gasteiger partial charge in [-0.05, 0) is 37.1 Å². The number of hydrogen-bond acceptors (Lipinski definition) is 7. The molecule has 0 spiro atoms. The van der Waals surface area contributed by atoms with E-state index in [-0.39, 0.29) is 0 Å². The van der Waals surface area contributed by atoms with Crippen LogP contribution in [0, 0.1) is 11.4 Å². The summed E-state index contributed by atoms with van der Waals surface area (Å²) in [5.74, 6) is 0.157. The second-order valence-corrected chi connectivity index (χ2v) is 7.04. The minimum Gasteiger partial charge on any atom is -0.404 e. The van der Waals surface area contributed by atoms with Crippen molar-refractivity contribution >= 4 is 39.3 Å². The van der Waals surface area contributed by atoms with Gasteiger partial charge in [-0.2, -0.15) is 4.39 Å². The van der Waals surface area contributed by atoms with Crippen LogP contribution in [0.15, 0.2) is 30.5 Å². The SMILES string of the molecule is N=CC(=CN)c1ccc2sc(-c3ccc(N4CCCC4)nc3F)nc2n1. The maximum absolute atomic E-state index is 14.6. The van der Waals surface area contributed by atoms with Gasteiger partial charge < -0.3 is 16.0 Å². The Kier molecular flexibility index (Phi) is 4.34. The highest BCUT2D eigenvalue weighted by atomic mass is 32.1. The Morgan fingerprint density at radius 1 is 1.15 bits per heavy atom. The summed E-state index contributed by atoms with van der Waals surface area (Å²) in [7, 11) is 0. The number of anilines is 1. The smallest absolute Gasteiger partial charge is 0.225 e. The van der Waals surface area contributed by atoms with E-state index in [1.54, 1.807) is 12.1 Å². The number of allylic oxidation sites excluding steroid dienone is 1. The second-order valence-electron chi connectivity index (χ2n) is 6.01. The van der Waals surface area contributed by atoms with Gasteiger partial charge in [-0.1, -0.05) is 0 Å². The molecule has 0 aliphatic carbocycles. The maximum atomic E-state index is 14.6. The van der Waals surface area contributed by atoms with Crippen molar-refractivity contribution in [3.8, 4) is 10.6 Å². The summed E-state index contributed by atoms with van der Waals surface area (Å²) < 4.78 is 15.4. The average molecular weight is 368 g/mol. The molecular weight excluding hydrogens is 351 g/mol. The predicted molar refractivity (Wildman–Crippen MR) is 103 cm³/mol. The third-order valence-corrected chi connectivity index (χ3v) is 5.42. The maximum Gasteiger partial charge on any atom is 0.225 e. The van der Waals surface area contributed by atoms with Gasteiger partial charge in [0.1, 0.15) is 10.8 Å². The zero-order chi connectivity index (χ0) is 18.1. The lowest BCUT2D eigenvalue weighted by atomic mass is 10.2. The van der Waals surface area contributed by atoms with E-state index in [0.717, 1.165) is 36.8 Å². The van der Waals surface area contributed by atoms with Gasteiger partial charge >= 0.3 is 0 Å². The van der Waals surface area contributed by atoms with Gasteiger partial charge in [0.05, 0.1) is 16.0 Å². The van der Waals surface area contributed by atoms with Crippen LogP contribution in [0.3, 0.4) is 0 Å². The molecule has 3 aromatic rings. The highest BCUT2D eigenvalue weighted by molar-refractivity contribution is 7.21. The molecule has 1 fully saturated rings. The van der Waals surface area contributed by atoms with Crippen molar-refractivity contribution in [2.45, 2.75) is 12.8 Å². The summed E-state index contributed by atoms with van der Waals surface area (Å²) >= 11 is 1.36. The Bertz CT molecular complexity index is 1010. The topological polar surface area (TPSA) is 91.8 Å². The lowest BCUT2D eigenvalue weighted by Crippen LogP contribution is -2.19. The van der Waals surface area contributed by atoms with Crippen LogP contribution >= 0.6 is 11.3 Å². The molecule has 3 N–H and O–H groups in total. The van der Waals surface area contributed by atoms with Gasteiger partial charge in [0.25, 0.3) is 0 Å². The molecule has 0 radical (unpaired) electrons. The third-order valence-electron chi connectivity index (χ3n) is 4.38. The highest BCUT2D eigenvalue weighted by Crippen LogP contribution is 2.32. The van der Waals surface area contributed by atoms with Crippen molar-refractivity contribution in [1.82, 2.24) is 15.0 Å². The first kappa shape index (κ1) is 16.6. The van der Waals surface area contributed by atoms with E-state index in [1.807, 2.05) is 12.1 Å². The Labute approximate surface area is 153 Å². The van der Waals surface area contributed by atoms with Gasteiger partial charge in [-0.3, -0.25) is 0 Å². The average Bonchev–Trinajstić information content (AvgIpc) is 3.32. The fourth-order valence-electron chi connectivity index (χ4n) is 3.01. The molecule has 8 heteroatoms. The van der Waals surface area contributed by atoms with Crippen LogP contribution in [0.2, 0.25) is 0 Å². The van der Waals surface area contributed by atoms with Gasteiger partial charge in [-0.15, -0.1) is 11.3 Å². The fraction of sp³-hybridized carbons (Fsp3) is 0.222. The van der Waals surface area contributed by atoms with Crippen molar-refractivity contribution in [3.05, 3.63) is 42.1 Å². The number of fused-ring (bicyclic) bond motifs is 1. The standard InChI is InChI=1S/C18H17FN6S/c19-16-12(3-6-15(23-16)25-7-1-2-8-25)18-24-17-14(26-18)5-4-13(22-17)11(9-20)10-21/h3-6,9-10,20H,1-2,7-8,21H2. The molecule has 0 amide bonds. The van der Waals surface area contributed by atoms with Crippen molar-refractivity contribution in [2.24, 2.45) is 5.73 Å². The fourth-order valence-corrected chi connectivity index (χ4v) is 3.93. The number of nitrogens with one attached hydrogen (secondary N) is 1. The van der Waals surface area contributed by atoms with E-state index in [1.165, 1.54) is 17.5 Å². The van der Waals surface area contributed by atoms with Crippen molar-refractivity contribution in [1.29, 1.82) is 5.41 Å². The summed E-state index contributed by atoms with van der Waals surface area (Å²) in [5.41, 5.74) is 7.46. The zero-order valence-electron chi connectivity index (χ0n) is 13.9. The van der Waals surface area contributed by atoms with E-state index in [2.05, 4.69) is 19.9 Å². The number of nitrogens with two attached hydrogens (primary N) is 1. The second kappa shape index (κ2) is 6.80. The molecule has 1 saturated heterocycles. The van der Waals surface area contributed by atoms with Crippen LogP contribution < -0.4 is 10.6 Å². The number of rotatable bonds is 4. The lowest BCUT2D eigenvalue weighted by molar-refractivity contribution is 0.586. The van der Waals surface area contributed by atoms with Crippen molar-refractivity contribution < 1.29 is 4.39 Å². The van der Waals surface area contributed by atoms with E-state index in [4.69, 9.17) is 11.1 Å². The van der Waals surface area contributed by atoms with Crippen LogP contribution in [0.1, 0.15) is 18.5 Å². The zero-order valence-corrected chi connectivity index (χ0v) is 14.8. The number of halogens is 1. The Hall–Kier alpha value is -2.87. The lowest BCUT2D eigenvalue weighted by Gasteiger charge is -2.16. The summed E-state index contributed by atoms with van der Waals surface area (Å²) in [4.78, 5) is 15.1. The first-order valence-electron chi connectivity index (χ1n) is 8.32. The quantitative estimate of drug-likeness (QED) is 0.544. The number of nitrogens with zero attached hydrogens (tertiary/aromatic N) is 4. The molecule has 4 rings (SSSR count). The van der Waals surface area contributed by atoms with Gasteiger partial charge in [-0.25, -0.2) is 15.0 Å². The normalized spacial score (nSPS) is 15.0. The van der Waals surface area contributed by atoms with Crippen LogP contribution in [0.25, 0.3) is 26.5 Å². The van der Waals surface area contributed by atoms with E-state index in [9.17, 15) is 4.39 Å². The Balaban J connectivity index is 1.71. The summed E-state index contributed by atoms with van der Waals surface area (Å²) in [6.07, 6.45) is 4.70. The van der Waals surface area contributed by atoms with Gasteiger partial charge in [0.15, 0.2) is 5.65 Å². The molecule has 0 aromatic carbocycles. The summed E-state index contributed by atoms with van der Waals surface area (Å²) in [5, 5.41) is 7.91. The number of thiazole rings is 1. The number of hydrogen-bond donors (Lipinski definition) is 2. The summed E-state index contributed by atoms with van der Waals surface area (Å²) in [6.45, 7) is 1.84. The van der Waals surface area contributed by atoms with Crippen LogP contribution in [0.5, 0.6) is 0 Å². The van der Waals surface area contributed by atoms with E-state index >= 15 is 0 Å². The molecule has 4 heterocycles. The largest absolute Gasteiger partial charge is 0.404 e. The monoisotopic (exact) mass is 368 g/mol. The molecule has 0 unspecified atom stereocenters. The van der Waals surface area contributed by atoms with Crippen molar-refractivity contribution in [2.75, 3.05) is 18.0 Å². The van der Waals surface area contributed by atoms with E-state index in [0.29, 0.717) is 33.3 Å². The molecular formula is C18H17FN6S.